The molecule has 4 amide bonds. The van der Waals surface area contributed by atoms with Gasteiger partial charge in [0, 0.05) is 51.7 Å². The van der Waals surface area contributed by atoms with Gasteiger partial charge in [0.2, 0.25) is 5.91 Å². The van der Waals surface area contributed by atoms with Crippen molar-refractivity contribution in [2.75, 3.05) is 49.1 Å². The zero-order valence-corrected chi connectivity index (χ0v) is 31.7. The van der Waals surface area contributed by atoms with E-state index < -0.39 is 23.3 Å². The van der Waals surface area contributed by atoms with E-state index in [1.807, 2.05) is 4.68 Å². The molecular formula is C39H43F3N12O4. The quantitative estimate of drug-likeness (QED) is 0.240. The zero-order valence-electron chi connectivity index (χ0n) is 31.7. The molecular weight excluding hydrogens is 758 g/mol. The van der Waals surface area contributed by atoms with Crippen molar-refractivity contribution < 1.29 is 32.3 Å². The number of aromatic nitrogens is 6. The summed E-state index contributed by atoms with van der Waals surface area (Å²) in [4.78, 5) is 61.1. The lowest BCUT2D eigenvalue weighted by atomic mass is 9.92. The fraction of sp³-hybridized carbons (Fsp3) is 0.513. The van der Waals surface area contributed by atoms with Gasteiger partial charge < -0.3 is 19.9 Å². The van der Waals surface area contributed by atoms with Crippen molar-refractivity contribution in [1.82, 2.24) is 45.2 Å². The minimum absolute atomic E-state index is 0.0663. The van der Waals surface area contributed by atoms with Crippen LogP contribution in [0.5, 0.6) is 5.75 Å². The van der Waals surface area contributed by atoms with E-state index >= 15 is 0 Å². The molecule has 16 nitrogen and oxygen atoms in total. The number of rotatable bonds is 9. The van der Waals surface area contributed by atoms with Crippen molar-refractivity contribution in [2.24, 2.45) is 5.92 Å². The Labute approximate surface area is 331 Å². The number of ether oxygens (including phenoxy) is 1. The topological polar surface area (TPSA) is 187 Å². The van der Waals surface area contributed by atoms with Crippen molar-refractivity contribution >= 4 is 40.5 Å². The first kappa shape index (κ1) is 38.9. The highest BCUT2D eigenvalue weighted by atomic mass is 19.4. The van der Waals surface area contributed by atoms with Crippen LogP contribution in [0.25, 0.3) is 11.0 Å². The van der Waals surface area contributed by atoms with Gasteiger partial charge in [0.15, 0.2) is 11.5 Å². The van der Waals surface area contributed by atoms with Crippen LogP contribution in [0.2, 0.25) is 0 Å². The van der Waals surface area contributed by atoms with Crippen molar-refractivity contribution in [3.63, 3.8) is 0 Å². The number of halogens is 3. The van der Waals surface area contributed by atoms with E-state index in [9.17, 15) is 27.6 Å². The third kappa shape index (κ3) is 8.51. The summed E-state index contributed by atoms with van der Waals surface area (Å²) in [6.45, 7) is 4.85. The van der Waals surface area contributed by atoms with E-state index in [0.29, 0.717) is 48.5 Å². The van der Waals surface area contributed by atoms with Gasteiger partial charge in [-0.15, -0.1) is 0 Å². The summed E-state index contributed by atoms with van der Waals surface area (Å²) in [6.07, 6.45) is 7.74. The molecule has 0 atom stereocenters. The number of alkyl halides is 3. The van der Waals surface area contributed by atoms with Crippen molar-refractivity contribution in [1.29, 1.82) is 5.26 Å². The number of urea groups is 1. The molecule has 4 aliphatic rings. The second-order valence-corrected chi connectivity index (χ2v) is 15.4. The van der Waals surface area contributed by atoms with Crippen LogP contribution in [-0.4, -0.2) is 104 Å². The van der Waals surface area contributed by atoms with Gasteiger partial charge in [0.05, 0.1) is 53.3 Å². The second kappa shape index (κ2) is 16.5. The van der Waals surface area contributed by atoms with Crippen LogP contribution in [0.15, 0.2) is 43.1 Å². The molecule has 4 fully saturated rings. The van der Waals surface area contributed by atoms with Gasteiger partial charge in [-0.05, 0) is 75.5 Å². The van der Waals surface area contributed by atoms with Crippen LogP contribution in [0.3, 0.4) is 0 Å². The molecule has 3 aromatic heterocycles. The summed E-state index contributed by atoms with van der Waals surface area (Å²) >= 11 is 0. The molecule has 0 unspecified atom stereocenters. The lowest BCUT2D eigenvalue weighted by Crippen LogP contribution is -2.50. The number of imide groups is 1. The van der Waals surface area contributed by atoms with Gasteiger partial charge in [-0.25, -0.2) is 29.4 Å². The Balaban J connectivity index is 0.759. The molecule has 3 saturated heterocycles. The number of carbonyl (C=O) groups excluding carboxylic acids is 3. The number of piperidine rings is 2. The van der Waals surface area contributed by atoms with Crippen LogP contribution in [-0.2, 0) is 11.0 Å². The predicted molar refractivity (Wildman–Crippen MR) is 203 cm³/mol. The molecule has 4 aromatic rings. The normalized spacial score (nSPS) is 21.5. The maximum atomic E-state index is 13.4. The molecule has 19 heteroatoms. The monoisotopic (exact) mass is 800 g/mol. The lowest BCUT2D eigenvalue weighted by Gasteiger charge is -2.38. The van der Waals surface area contributed by atoms with Crippen molar-refractivity contribution in [2.45, 2.75) is 82.2 Å². The zero-order chi connectivity index (χ0) is 40.4. The number of carbonyl (C=O) groups is 3. The van der Waals surface area contributed by atoms with Crippen LogP contribution in [0, 0.1) is 17.2 Å². The number of hydrogen-bond donors (Lipinski definition) is 2. The predicted octanol–water partition coefficient (Wildman–Crippen LogP) is 4.63. The van der Waals surface area contributed by atoms with Crippen molar-refractivity contribution in [3.05, 3.63) is 59.9 Å². The minimum atomic E-state index is -4.65. The molecule has 0 radical (unpaired) electrons. The third-order valence-electron chi connectivity index (χ3n) is 11.6. The Bertz CT molecular complexity index is 2190. The summed E-state index contributed by atoms with van der Waals surface area (Å²) in [6, 6.07) is 4.51. The number of likely N-dealkylation sites (tertiary alicyclic amines) is 1. The third-order valence-corrected chi connectivity index (χ3v) is 11.6. The molecule has 1 aliphatic carbocycles. The molecule has 1 saturated carbocycles. The molecule has 304 valence electrons. The Morgan fingerprint density at radius 1 is 0.931 bits per heavy atom. The molecule has 6 heterocycles. The highest BCUT2D eigenvalue weighted by Crippen LogP contribution is 2.36. The molecule has 0 spiro atoms. The number of fused-ring (bicyclic) bond motifs is 1. The molecule has 1 aromatic carbocycles. The van der Waals surface area contributed by atoms with Gasteiger partial charge in [-0.1, -0.05) is 0 Å². The number of nitrogens with one attached hydrogen (secondary N) is 2. The smallest absolute Gasteiger partial charge is 0.417 e. The van der Waals surface area contributed by atoms with Crippen LogP contribution in [0.1, 0.15) is 85.4 Å². The summed E-state index contributed by atoms with van der Waals surface area (Å²) in [5, 5.41) is 19.7. The van der Waals surface area contributed by atoms with E-state index in [1.54, 1.807) is 18.5 Å². The first-order valence-corrected chi connectivity index (χ1v) is 19.7. The Kier molecular flexibility index (Phi) is 11.1. The van der Waals surface area contributed by atoms with Crippen LogP contribution >= 0.6 is 0 Å². The Morgan fingerprint density at radius 3 is 2.40 bits per heavy atom. The maximum absolute atomic E-state index is 13.4. The molecule has 3 aliphatic heterocycles. The van der Waals surface area contributed by atoms with Gasteiger partial charge in [0.25, 0.3) is 5.91 Å². The maximum Gasteiger partial charge on any atom is 0.417 e. The summed E-state index contributed by atoms with van der Waals surface area (Å²) in [5.74, 6) is 1.19. The first-order valence-electron chi connectivity index (χ1n) is 19.7. The fourth-order valence-corrected chi connectivity index (χ4v) is 8.46. The van der Waals surface area contributed by atoms with E-state index in [4.69, 9.17) is 10.00 Å². The number of benzene rings is 1. The number of anilines is 2. The lowest BCUT2D eigenvalue weighted by molar-refractivity contribution is -0.138. The summed E-state index contributed by atoms with van der Waals surface area (Å²) < 4.78 is 47.8. The Morgan fingerprint density at radius 2 is 1.71 bits per heavy atom. The fourth-order valence-electron chi connectivity index (χ4n) is 8.46. The molecule has 2 N–H and O–H groups in total. The van der Waals surface area contributed by atoms with Gasteiger partial charge in [0.1, 0.15) is 23.6 Å². The summed E-state index contributed by atoms with van der Waals surface area (Å²) in [5.41, 5.74) is -0.560. The van der Waals surface area contributed by atoms with Gasteiger partial charge in [-0.3, -0.25) is 19.8 Å². The first-order chi connectivity index (χ1) is 28.0. The average Bonchev–Trinajstić information content (AvgIpc) is 3.67. The summed E-state index contributed by atoms with van der Waals surface area (Å²) in [7, 11) is 0. The van der Waals surface area contributed by atoms with E-state index in [1.165, 1.54) is 23.5 Å². The number of nitriles is 1. The second-order valence-electron chi connectivity index (χ2n) is 15.4. The van der Waals surface area contributed by atoms with Crippen LogP contribution < -0.4 is 25.2 Å². The molecule has 0 bridgehead atoms. The van der Waals surface area contributed by atoms with Crippen LogP contribution in [0.4, 0.5) is 29.6 Å². The Hall–Kier alpha value is -5.90. The molecule has 58 heavy (non-hydrogen) atoms. The highest BCUT2D eigenvalue weighted by molar-refractivity contribution is 6.08. The van der Waals surface area contributed by atoms with E-state index in [0.717, 1.165) is 76.4 Å². The minimum Gasteiger partial charge on any atom is -0.490 e. The molecule has 8 rings (SSSR count). The van der Waals surface area contributed by atoms with E-state index in [2.05, 4.69) is 45.5 Å². The number of hydrogen-bond acceptors (Lipinski definition) is 12. The van der Waals surface area contributed by atoms with Crippen molar-refractivity contribution in [3.8, 4) is 11.8 Å². The van der Waals surface area contributed by atoms with Gasteiger partial charge >= 0.3 is 12.2 Å². The average molecular weight is 801 g/mol. The SMILES string of the molecule is N#Cc1ccc(OC2CCC(NC(=O)c3cnc(N4CCC(CN5CCC(n6ncc7c(N8CCC(=O)NC8=O)ncnc76)CC5)CC4)cn3)CC2)cc1C(F)(F)F. The largest absolute Gasteiger partial charge is 0.490 e. The van der Waals surface area contributed by atoms with Gasteiger partial charge in [-0.2, -0.15) is 23.5 Å². The number of nitrogens with zero attached hydrogens (tertiary/aromatic N) is 10. The standard InChI is InChI=1S/C39H43F3N12O4/c40-39(41,42)31-17-29(4-1-25(31)18-43)58-28-5-2-26(3-6-28)49-37(56)32-20-45-33(21-44-32)52-14-7-24(8-15-52)22-51-12-9-27(10-13-51)54-36-30(19-48-54)35(46-23-47-36)53-16-11-34(55)50-38(53)57/h1,4,17,19-21,23-24,26-28H,2-3,5-16,22H2,(H,49,56)(H,50,55,57). The number of amides is 4. The van der Waals surface area contributed by atoms with E-state index in [-0.39, 0.29) is 54.4 Å². The highest BCUT2D eigenvalue weighted by Gasteiger charge is 2.35.